The lowest BCUT2D eigenvalue weighted by Gasteiger charge is -2.29. The van der Waals surface area contributed by atoms with Crippen molar-refractivity contribution in [3.63, 3.8) is 0 Å². The van der Waals surface area contributed by atoms with E-state index in [9.17, 15) is 0 Å². The van der Waals surface area contributed by atoms with Crippen LogP contribution in [0.2, 0.25) is 36.3 Å². The molecule has 77 valence electrons. The maximum absolute atomic E-state index is 5.40. The molecule has 1 nitrogen and oxygen atoms in total. The van der Waals surface area contributed by atoms with Gasteiger partial charge in [-0.25, -0.2) is 0 Å². The summed E-state index contributed by atoms with van der Waals surface area (Å²) in [5, 5.41) is 0. The van der Waals surface area contributed by atoms with E-state index in [1.54, 1.807) is 0 Å². The predicted octanol–water partition coefficient (Wildman–Crippen LogP) is 3.58. The van der Waals surface area contributed by atoms with Crippen LogP contribution in [-0.2, 0) is 0 Å². The molecule has 1 radical (unpaired) electrons. The third-order valence-electron chi connectivity index (χ3n) is 4.16. The molecule has 0 aliphatic carbocycles. The SMILES string of the molecule is CC[Si]1(CC)CC[Si](CC)(CC)[N]1. The molecule has 0 saturated carbocycles. The normalized spacial score (nSPS) is 24.9. The molecular formula is C10H24NSi2. The number of nitrogens with zero attached hydrogens (tertiary/aromatic N) is 1. The first kappa shape index (κ1) is 11.5. The third kappa shape index (κ3) is 2.08. The van der Waals surface area contributed by atoms with E-state index < -0.39 is 16.5 Å². The van der Waals surface area contributed by atoms with Crippen molar-refractivity contribution in [3.05, 3.63) is 0 Å². The molecule has 0 N–H and O–H groups in total. The summed E-state index contributed by atoms with van der Waals surface area (Å²) in [5.74, 6) is 0. The summed E-state index contributed by atoms with van der Waals surface area (Å²) in [6.45, 7) is 9.48. The Morgan fingerprint density at radius 3 is 1.23 bits per heavy atom. The van der Waals surface area contributed by atoms with Crippen LogP contribution in [0.15, 0.2) is 0 Å². The van der Waals surface area contributed by atoms with Crippen LogP contribution in [-0.4, -0.2) is 16.5 Å². The highest BCUT2D eigenvalue weighted by Gasteiger charge is 2.47. The molecule has 0 aromatic rings. The molecule has 0 spiro atoms. The van der Waals surface area contributed by atoms with Crippen LogP contribution in [0.1, 0.15) is 27.7 Å². The van der Waals surface area contributed by atoms with Crippen molar-refractivity contribution in [3.8, 4) is 0 Å². The number of rotatable bonds is 4. The summed E-state index contributed by atoms with van der Waals surface area (Å²) in [4.78, 5) is 0. The molecular weight excluding hydrogens is 190 g/mol. The van der Waals surface area contributed by atoms with E-state index >= 15 is 0 Å². The van der Waals surface area contributed by atoms with E-state index in [1.807, 2.05) is 0 Å². The topological polar surface area (TPSA) is 14.1 Å². The lowest BCUT2D eigenvalue weighted by molar-refractivity contribution is 1.11. The Balaban J connectivity index is 2.69. The fourth-order valence-electron chi connectivity index (χ4n) is 2.60. The van der Waals surface area contributed by atoms with E-state index in [4.69, 9.17) is 4.65 Å². The summed E-state index contributed by atoms with van der Waals surface area (Å²) in [7, 11) is -2.14. The van der Waals surface area contributed by atoms with Crippen molar-refractivity contribution in [1.82, 2.24) is 4.65 Å². The second kappa shape index (κ2) is 4.28. The van der Waals surface area contributed by atoms with E-state index in [0.29, 0.717) is 0 Å². The second-order valence-electron chi connectivity index (χ2n) is 4.47. The van der Waals surface area contributed by atoms with Crippen molar-refractivity contribution < 1.29 is 0 Å². The third-order valence-corrected chi connectivity index (χ3v) is 16.1. The minimum atomic E-state index is -1.07. The molecule has 1 heterocycles. The molecule has 0 bridgehead atoms. The van der Waals surface area contributed by atoms with Gasteiger partial charge in [0, 0.05) is 0 Å². The first-order chi connectivity index (χ1) is 6.16. The highest BCUT2D eigenvalue weighted by molar-refractivity contribution is 6.97. The van der Waals surface area contributed by atoms with Gasteiger partial charge in [-0.1, -0.05) is 27.7 Å². The van der Waals surface area contributed by atoms with Gasteiger partial charge < -0.3 is 0 Å². The first-order valence-corrected chi connectivity index (χ1v) is 11.0. The predicted molar refractivity (Wildman–Crippen MR) is 65.2 cm³/mol. The molecule has 0 aromatic carbocycles. The zero-order valence-electron chi connectivity index (χ0n) is 9.69. The van der Waals surface area contributed by atoms with E-state index in [2.05, 4.69) is 27.7 Å². The molecule has 1 saturated heterocycles. The fourth-order valence-corrected chi connectivity index (χ4v) is 16.2. The van der Waals surface area contributed by atoms with Crippen LogP contribution >= 0.6 is 0 Å². The average Bonchev–Trinajstić information content (AvgIpc) is 2.59. The van der Waals surface area contributed by atoms with Gasteiger partial charge >= 0.3 is 0 Å². The van der Waals surface area contributed by atoms with Crippen LogP contribution in [0.4, 0.5) is 0 Å². The van der Waals surface area contributed by atoms with Gasteiger partial charge in [-0.3, -0.25) is 4.65 Å². The molecule has 0 unspecified atom stereocenters. The van der Waals surface area contributed by atoms with Crippen LogP contribution in [0.3, 0.4) is 0 Å². The van der Waals surface area contributed by atoms with Crippen LogP contribution in [0.5, 0.6) is 0 Å². The molecule has 0 atom stereocenters. The Bertz CT molecular complexity index is 144. The Morgan fingerprint density at radius 2 is 1.08 bits per heavy atom. The summed E-state index contributed by atoms with van der Waals surface area (Å²) >= 11 is 0. The number of hydrogen-bond acceptors (Lipinski definition) is 0. The summed E-state index contributed by atoms with van der Waals surface area (Å²) in [6, 6.07) is 8.65. The number of hydrogen-bond donors (Lipinski definition) is 0. The standard InChI is InChI=1S/C10H24NSi2/c1-5-12(6-2)9-10-13(7-3,8-4)11-12/h5-10H2,1-4H3. The van der Waals surface area contributed by atoms with Crippen molar-refractivity contribution in [2.45, 2.75) is 64.0 Å². The molecule has 0 amide bonds. The van der Waals surface area contributed by atoms with Crippen molar-refractivity contribution >= 4 is 16.5 Å². The lowest BCUT2D eigenvalue weighted by atomic mass is 10.9. The summed E-state index contributed by atoms with van der Waals surface area (Å²) in [5.41, 5.74) is 0. The minimum absolute atomic E-state index is 1.07. The van der Waals surface area contributed by atoms with Gasteiger partial charge in [0.2, 0.25) is 0 Å². The molecule has 13 heavy (non-hydrogen) atoms. The van der Waals surface area contributed by atoms with Gasteiger partial charge in [-0.15, -0.1) is 0 Å². The molecule has 3 heteroatoms. The Labute approximate surface area is 85.5 Å². The Kier molecular flexibility index (Phi) is 3.77. The summed E-state index contributed by atoms with van der Waals surface area (Å²) < 4.78 is 5.40. The van der Waals surface area contributed by atoms with Gasteiger partial charge in [0.25, 0.3) is 0 Å². The monoisotopic (exact) mass is 214 g/mol. The Hall–Kier alpha value is 0.394. The van der Waals surface area contributed by atoms with Crippen molar-refractivity contribution in [2.75, 3.05) is 0 Å². The summed E-state index contributed by atoms with van der Waals surface area (Å²) in [6.07, 6.45) is 0. The van der Waals surface area contributed by atoms with E-state index in [-0.39, 0.29) is 0 Å². The van der Waals surface area contributed by atoms with Crippen LogP contribution in [0, 0.1) is 0 Å². The zero-order valence-corrected chi connectivity index (χ0v) is 11.7. The van der Waals surface area contributed by atoms with Gasteiger partial charge in [0.1, 0.15) is 16.5 Å². The van der Waals surface area contributed by atoms with E-state index in [1.165, 1.54) is 36.3 Å². The van der Waals surface area contributed by atoms with Crippen molar-refractivity contribution in [1.29, 1.82) is 0 Å². The largest absolute Gasteiger partial charge is 0.294 e. The minimum Gasteiger partial charge on any atom is -0.294 e. The molecule has 1 aliphatic rings. The van der Waals surface area contributed by atoms with Gasteiger partial charge in [0.05, 0.1) is 0 Å². The van der Waals surface area contributed by atoms with Gasteiger partial charge in [0.15, 0.2) is 0 Å². The smallest absolute Gasteiger partial charge is 0.134 e. The maximum Gasteiger partial charge on any atom is 0.134 e. The van der Waals surface area contributed by atoms with Gasteiger partial charge in [-0.2, -0.15) is 0 Å². The highest BCUT2D eigenvalue weighted by Crippen LogP contribution is 2.37. The fraction of sp³-hybridized carbons (Fsp3) is 1.00. The van der Waals surface area contributed by atoms with E-state index in [0.717, 1.165) is 0 Å². The quantitative estimate of drug-likeness (QED) is 0.635. The zero-order chi connectivity index (χ0) is 9.95. The second-order valence-corrected chi connectivity index (χ2v) is 14.1. The Morgan fingerprint density at radius 1 is 0.769 bits per heavy atom. The molecule has 1 rings (SSSR count). The lowest BCUT2D eigenvalue weighted by Crippen LogP contribution is -2.50. The first-order valence-electron chi connectivity index (χ1n) is 5.90. The maximum atomic E-state index is 5.40. The van der Waals surface area contributed by atoms with Crippen LogP contribution < -0.4 is 4.65 Å². The van der Waals surface area contributed by atoms with Gasteiger partial charge in [-0.05, 0) is 36.3 Å². The van der Waals surface area contributed by atoms with Crippen LogP contribution in [0.25, 0.3) is 0 Å². The molecule has 0 aromatic heterocycles. The highest BCUT2D eigenvalue weighted by atomic mass is 28.4. The van der Waals surface area contributed by atoms with Crippen molar-refractivity contribution in [2.24, 2.45) is 0 Å². The average molecular weight is 214 g/mol. The molecule has 1 aliphatic heterocycles. The molecule has 1 fully saturated rings.